The predicted octanol–water partition coefficient (Wildman–Crippen LogP) is 2.47. The molecule has 14 heavy (non-hydrogen) atoms. The van der Waals surface area contributed by atoms with Gasteiger partial charge in [0.25, 0.3) is 0 Å². The van der Waals surface area contributed by atoms with Crippen LogP contribution in [0, 0.1) is 10.2 Å². The van der Waals surface area contributed by atoms with Gasteiger partial charge in [0.15, 0.2) is 4.77 Å². The fourth-order valence-electron chi connectivity index (χ4n) is 1.25. The summed E-state index contributed by atoms with van der Waals surface area (Å²) in [6.45, 7) is 7.49. The summed E-state index contributed by atoms with van der Waals surface area (Å²) in [6.07, 6.45) is 2.82. The average Bonchev–Trinajstić information content (AvgIpc) is 2.41. The summed E-state index contributed by atoms with van der Waals surface area (Å²) in [5.74, 6) is 0. The van der Waals surface area contributed by atoms with Crippen molar-refractivity contribution in [1.29, 1.82) is 0 Å². The van der Waals surface area contributed by atoms with Crippen LogP contribution in [0.4, 0.5) is 0 Å². The molecule has 0 amide bonds. The van der Waals surface area contributed by atoms with Crippen LogP contribution in [0.25, 0.3) is 0 Å². The number of aromatic amines is 1. The van der Waals surface area contributed by atoms with Gasteiger partial charge in [0, 0.05) is 12.7 Å². The number of nitrogens with zero attached hydrogens (tertiary/aromatic N) is 1. The van der Waals surface area contributed by atoms with Gasteiger partial charge in [0.05, 0.1) is 12.3 Å². The van der Waals surface area contributed by atoms with Crippen molar-refractivity contribution in [2.45, 2.75) is 40.3 Å². The van der Waals surface area contributed by atoms with Gasteiger partial charge in [-0.1, -0.05) is 20.8 Å². The molecule has 0 atom stereocenters. The predicted molar refractivity (Wildman–Crippen MR) is 59.6 cm³/mol. The Morgan fingerprint density at radius 2 is 2.14 bits per heavy atom. The second-order valence-corrected chi connectivity index (χ2v) is 5.09. The van der Waals surface area contributed by atoms with E-state index in [0.29, 0.717) is 10.2 Å². The maximum absolute atomic E-state index is 9.07. The lowest BCUT2D eigenvalue weighted by atomic mass is 9.92. The zero-order valence-corrected chi connectivity index (χ0v) is 9.82. The highest BCUT2D eigenvalue weighted by molar-refractivity contribution is 7.71. The van der Waals surface area contributed by atoms with E-state index in [1.54, 1.807) is 6.20 Å². The SMILES string of the molecule is CC(C)(C)CCn1c(CO)c[nH]c1=S. The molecular weight excluding hydrogens is 196 g/mol. The second-order valence-electron chi connectivity index (χ2n) is 4.71. The van der Waals surface area contributed by atoms with Crippen molar-refractivity contribution >= 4 is 12.2 Å². The molecule has 0 aliphatic heterocycles. The first-order chi connectivity index (χ1) is 6.44. The molecule has 1 heterocycles. The van der Waals surface area contributed by atoms with Gasteiger partial charge in [0.2, 0.25) is 0 Å². The monoisotopic (exact) mass is 214 g/mol. The number of aromatic nitrogens is 2. The second kappa shape index (κ2) is 4.28. The summed E-state index contributed by atoms with van der Waals surface area (Å²) in [5.41, 5.74) is 1.15. The van der Waals surface area contributed by atoms with Crippen LogP contribution in [-0.4, -0.2) is 14.7 Å². The normalized spacial score (nSPS) is 12.0. The van der Waals surface area contributed by atoms with Gasteiger partial charge in [-0.3, -0.25) is 0 Å². The van der Waals surface area contributed by atoms with Crippen LogP contribution < -0.4 is 0 Å². The summed E-state index contributed by atoms with van der Waals surface area (Å²) in [6, 6.07) is 0. The Kier molecular flexibility index (Phi) is 3.50. The smallest absolute Gasteiger partial charge is 0.177 e. The molecule has 0 saturated carbocycles. The summed E-state index contributed by atoms with van der Waals surface area (Å²) in [5, 5.41) is 9.07. The molecule has 0 fully saturated rings. The van der Waals surface area contributed by atoms with E-state index in [1.807, 2.05) is 4.57 Å². The molecule has 0 aliphatic rings. The standard InChI is InChI=1S/C10H18N2OS/c1-10(2,3)4-5-12-8(7-13)6-11-9(12)14/h6,13H,4-5,7H2,1-3H3,(H,11,14). The Morgan fingerprint density at radius 1 is 1.50 bits per heavy atom. The van der Waals surface area contributed by atoms with Crippen LogP contribution in [0.3, 0.4) is 0 Å². The topological polar surface area (TPSA) is 41.0 Å². The number of hydrogen-bond donors (Lipinski definition) is 2. The maximum atomic E-state index is 9.07. The molecule has 0 aliphatic carbocycles. The molecule has 1 rings (SSSR count). The lowest BCUT2D eigenvalue weighted by molar-refractivity contribution is 0.265. The van der Waals surface area contributed by atoms with E-state index in [1.165, 1.54) is 0 Å². The van der Waals surface area contributed by atoms with Gasteiger partial charge in [-0.15, -0.1) is 0 Å². The van der Waals surface area contributed by atoms with E-state index in [2.05, 4.69) is 25.8 Å². The molecule has 3 nitrogen and oxygen atoms in total. The third-order valence-corrected chi connectivity index (χ3v) is 2.54. The van der Waals surface area contributed by atoms with Gasteiger partial charge in [-0.25, -0.2) is 0 Å². The minimum atomic E-state index is 0.0390. The highest BCUT2D eigenvalue weighted by Crippen LogP contribution is 2.20. The lowest BCUT2D eigenvalue weighted by Gasteiger charge is -2.18. The van der Waals surface area contributed by atoms with Crippen LogP contribution >= 0.6 is 12.2 Å². The summed E-state index contributed by atoms with van der Waals surface area (Å²) in [7, 11) is 0. The van der Waals surface area contributed by atoms with Crippen molar-refractivity contribution in [2.24, 2.45) is 5.41 Å². The Hall–Kier alpha value is -0.610. The molecule has 0 radical (unpaired) electrons. The largest absolute Gasteiger partial charge is 0.390 e. The van der Waals surface area contributed by atoms with Crippen LogP contribution in [0.2, 0.25) is 0 Å². The van der Waals surface area contributed by atoms with Gasteiger partial charge >= 0.3 is 0 Å². The van der Waals surface area contributed by atoms with Gasteiger partial charge in [-0.2, -0.15) is 0 Å². The number of imidazole rings is 1. The molecule has 0 aromatic carbocycles. The fourth-order valence-corrected chi connectivity index (χ4v) is 1.52. The molecule has 1 aromatic rings. The maximum Gasteiger partial charge on any atom is 0.177 e. The van der Waals surface area contributed by atoms with Crippen molar-refractivity contribution < 1.29 is 5.11 Å². The van der Waals surface area contributed by atoms with E-state index in [9.17, 15) is 0 Å². The van der Waals surface area contributed by atoms with Gasteiger partial charge in [0.1, 0.15) is 0 Å². The highest BCUT2D eigenvalue weighted by Gasteiger charge is 2.11. The molecule has 0 spiro atoms. The zero-order valence-electron chi connectivity index (χ0n) is 9.00. The highest BCUT2D eigenvalue weighted by atomic mass is 32.1. The minimum absolute atomic E-state index is 0.0390. The van der Waals surface area contributed by atoms with Crippen LogP contribution in [0.5, 0.6) is 0 Å². The summed E-state index contributed by atoms with van der Waals surface area (Å²) >= 11 is 5.12. The number of H-pyrrole nitrogens is 1. The summed E-state index contributed by atoms with van der Waals surface area (Å²) < 4.78 is 2.65. The molecule has 0 bridgehead atoms. The molecule has 0 saturated heterocycles. The van der Waals surface area contributed by atoms with E-state index >= 15 is 0 Å². The third-order valence-electron chi connectivity index (χ3n) is 2.20. The Balaban J connectivity index is 2.75. The van der Waals surface area contributed by atoms with Crippen LogP contribution in [-0.2, 0) is 13.2 Å². The van der Waals surface area contributed by atoms with Crippen LogP contribution in [0.1, 0.15) is 32.9 Å². The number of aliphatic hydroxyl groups excluding tert-OH is 1. The fraction of sp³-hybridized carbons (Fsp3) is 0.700. The third kappa shape index (κ3) is 2.96. The molecule has 80 valence electrons. The van der Waals surface area contributed by atoms with Gasteiger partial charge in [-0.05, 0) is 24.1 Å². The van der Waals surface area contributed by atoms with E-state index in [4.69, 9.17) is 17.3 Å². The average molecular weight is 214 g/mol. The lowest BCUT2D eigenvalue weighted by Crippen LogP contribution is -2.12. The molecule has 0 unspecified atom stereocenters. The first-order valence-electron chi connectivity index (χ1n) is 4.82. The Bertz CT molecular complexity index is 346. The van der Waals surface area contributed by atoms with Crippen LogP contribution in [0.15, 0.2) is 6.20 Å². The van der Waals surface area contributed by atoms with Crippen molar-refractivity contribution in [2.75, 3.05) is 0 Å². The van der Waals surface area contributed by atoms with E-state index in [-0.39, 0.29) is 6.61 Å². The molecule has 2 N–H and O–H groups in total. The summed E-state index contributed by atoms with van der Waals surface area (Å²) in [4.78, 5) is 2.94. The van der Waals surface area contributed by atoms with E-state index < -0.39 is 0 Å². The first kappa shape index (κ1) is 11.5. The zero-order chi connectivity index (χ0) is 10.8. The van der Waals surface area contributed by atoms with Gasteiger partial charge < -0.3 is 14.7 Å². The Morgan fingerprint density at radius 3 is 2.64 bits per heavy atom. The van der Waals surface area contributed by atoms with E-state index in [0.717, 1.165) is 18.7 Å². The van der Waals surface area contributed by atoms with Crippen molar-refractivity contribution in [1.82, 2.24) is 9.55 Å². The Labute approximate surface area is 89.8 Å². The molecule has 1 aromatic heterocycles. The van der Waals surface area contributed by atoms with Crippen molar-refractivity contribution in [3.63, 3.8) is 0 Å². The minimum Gasteiger partial charge on any atom is -0.390 e. The number of rotatable bonds is 3. The number of hydrogen-bond acceptors (Lipinski definition) is 2. The molecule has 4 heteroatoms. The number of nitrogens with one attached hydrogen (secondary N) is 1. The van der Waals surface area contributed by atoms with Crippen molar-refractivity contribution in [3.05, 3.63) is 16.7 Å². The first-order valence-corrected chi connectivity index (χ1v) is 5.23. The quantitative estimate of drug-likeness (QED) is 0.759. The number of aliphatic hydroxyl groups is 1. The molecular formula is C10H18N2OS. The van der Waals surface area contributed by atoms with Crippen molar-refractivity contribution in [3.8, 4) is 0 Å².